The minimum Gasteiger partial charge on any atom is -0.422 e. The summed E-state index contributed by atoms with van der Waals surface area (Å²) in [6.45, 7) is 7.00. The number of fused-ring (bicyclic) bond motifs is 1. The van der Waals surface area contributed by atoms with Crippen LogP contribution >= 0.6 is 23.1 Å². The molecule has 2 aromatic heterocycles. The van der Waals surface area contributed by atoms with Gasteiger partial charge in [0.25, 0.3) is 0 Å². The van der Waals surface area contributed by atoms with Crippen LogP contribution < -0.4 is 10.9 Å². The van der Waals surface area contributed by atoms with E-state index in [-0.39, 0.29) is 5.63 Å². The molecule has 0 saturated carbocycles. The van der Waals surface area contributed by atoms with E-state index in [9.17, 15) is 4.79 Å². The van der Waals surface area contributed by atoms with Crippen molar-refractivity contribution in [3.05, 3.63) is 45.3 Å². The zero-order valence-electron chi connectivity index (χ0n) is 13.9. The summed E-state index contributed by atoms with van der Waals surface area (Å²) in [6.07, 6.45) is 1.05. The molecule has 0 radical (unpaired) electrons. The first-order valence-electron chi connectivity index (χ1n) is 7.81. The number of hydrogen-bond donors (Lipinski definition) is 1. The van der Waals surface area contributed by atoms with Crippen molar-refractivity contribution in [1.29, 1.82) is 0 Å². The van der Waals surface area contributed by atoms with Crippen molar-refractivity contribution in [3.8, 4) is 0 Å². The summed E-state index contributed by atoms with van der Waals surface area (Å²) in [4.78, 5) is 11.9. The standard InChI is InChI=1S/C17H19N3O2S2/c1-4-7-18-16-19-20-17(24-16)23-9-12-8-14(21)22-15-11(3)10(2)5-6-13(12)15/h5-6,8H,4,7,9H2,1-3H3,(H,18,19). The monoisotopic (exact) mass is 361 g/mol. The molecule has 24 heavy (non-hydrogen) atoms. The van der Waals surface area contributed by atoms with Gasteiger partial charge >= 0.3 is 5.63 Å². The Morgan fingerprint density at radius 3 is 2.92 bits per heavy atom. The summed E-state index contributed by atoms with van der Waals surface area (Å²) in [5.41, 5.74) is 3.47. The lowest BCUT2D eigenvalue weighted by Gasteiger charge is -2.08. The number of benzene rings is 1. The zero-order valence-corrected chi connectivity index (χ0v) is 15.5. The molecule has 0 amide bonds. The van der Waals surface area contributed by atoms with Crippen LogP contribution in [0.4, 0.5) is 5.13 Å². The maximum atomic E-state index is 11.9. The predicted octanol–water partition coefficient (Wildman–Crippen LogP) is 4.38. The molecule has 0 spiro atoms. The lowest BCUT2D eigenvalue weighted by atomic mass is 10.0. The molecule has 0 aliphatic heterocycles. The van der Waals surface area contributed by atoms with Crippen LogP contribution in [0.5, 0.6) is 0 Å². The highest BCUT2D eigenvalue weighted by Crippen LogP contribution is 2.31. The largest absolute Gasteiger partial charge is 0.422 e. The lowest BCUT2D eigenvalue weighted by molar-refractivity contribution is 0.557. The fourth-order valence-corrected chi connectivity index (χ4v) is 4.12. The highest BCUT2D eigenvalue weighted by Gasteiger charge is 2.11. The second-order valence-electron chi connectivity index (χ2n) is 5.56. The maximum absolute atomic E-state index is 11.9. The van der Waals surface area contributed by atoms with Gasteiger partial charge in [0.1, 0.15) is 5.58 Å². The predicted molar refractivity (Wildman–Crippen MR) is 100 cm³/mol. The van der Waals surface area contributed by atoms with Crippen molar-refractivity contribution in [2.45, 2.75) is 37.3 Å². The smallest absolute Gasteiger partial charge is 0.336 e. The third kappa shape index (κ3) is 3.62. The Morgan fingerprint density at radius 1 is 1.29 bits per heavy atom. The number of aryl methyl sites for hydroxylation is 2. The summed E-state index contributed by atoms with van der Waals surface area (Å²) in [7, 11) is 0. The Hall–Kier alpha value is -1.86. The molecule has 0 unspecified atom stereocenters. The van der Waals surface area contributed by atoms with Gasteiger partial charge in [0, 0.05) is 23.8 Å². The summed E-state index contributed by atoms with van der Waals surface area (Å²) >= 11 is 3.12. The van der Waals surface area contributed by atoms with Crippen molar-refractivity contribution in [2.75, 3.05) is 11.9 Å². The van der Waals surface area contributed by atoms with Crippen LogP contribution in [0.3, 0.4) is 0 Å². The van der Waals surface area contributed by atoms with Gasteiger partial charge in [-0.25, -0.2) is 4.79 Å². The molecule has 5 nitrogen and oxygen atoms in total. The molecule has 0 aliphatic rings. The molecule has 3 rings (SSSR count). The quantitative estimate of drug-likeness (QED) is 0.519. The van der Waals surface area contributed by atoms with Crippen LogP contribution in [-0.2, 0) is 5.75 Å². The van der Waals surface area contributed by atoms with Crippen molar-refractivity contribution < 1.29 is 4.42 Å². The minimum absolute atomic E-state index is 0.311. The van der Waals surface area contributed by atoms with E-state index in [4.69, 9.17) is 4.42 Å². The third-order valence-corrected chi connectivity index (χ3v) is 5.86. The topological polar surface area (TPSA) is 68.0 Å². The van der Waals surface area contributed by atoms with Crippen LogP contribution in [0.25, 0.3) is 11.0 Å². The molecule has 7 heteroatoms. The summed E-state index contributed by atoms with van der Waals surface area (Å²) in [5, 5.41) is 13.4. The van der Waals surface area contributed by atoms with Crippen LogP contribution in [0.1, 0.15) is 30.0 Å². The summed E-state index contributed by atoms with van der Waals surface area (Å²) in [5.74, 6) is 0.660. The maximum Gasteiger partial charge on any atom is 0.336 e. The first kappa shape index (κ1) is 17.0. The molecule has 0 bridgehead atoms. The second-order valence-corrected chi connectivity index (χ2v) is 7.76. The van der Waals surface area contributed by atoms with E-state index in [0.29, 0.717) is 11.3 Å². The van der Waals surface area contributed by atoms with Crippen molar-refractivity contribution in [3.63, 3.8) is 0 Å². The van der Waals surface area contributed by atoms with Crippen molar-refractivity contribution in [2.24, 2.45) is 0 Å². The van der Waals surface area contributed by atoms with E-state index in [0.717, 1.165) is 44.5 Å². The number of thioether (sulfide) groups is 1. The zero-order chi connectivity index (χ0) is 17.1. The average Bonchev–Trinajstić information content (AvgIpc) is 3.02. The molecular formula is C17H19N3O2S2. The fraction of sp³-hybridized carbons (Fsp3) is 0.353. The Balaban J connectivity index is 1.84. The first-order valence-corrected chi connectivity index (χ1v) is 9.61. The number of nitrogens with one attached hydrogen (secondary N) is 1. The summed E-state index contributed by atoms with van der Waals surface area (Å²) < 4.78 is 6.30. The normalized spacial score (nSPS) is 11.1. The number of anilines is 1. The van der Waals surface area contributed by atoms with E-state index in [2.05, 4.69) is 28.5 Å². The van der Waals surface area contributed by atoms with Crippen molar-refractivity contribution >= 4 is 39.2 Å². The van der Waals surface area contributed by atoms with Gasteiger partial charge in [0.05, 0.1) is 0 Å². The van der Waals surface area contributed by atoms with E-state index in [1.807, 2.05) is 19.9 Å². The van der Waals surface area contributed by atoms with Crippen LogP contribution in [0.15, 0.2) is 31.8 Å². The van der Waals surface area contributed by atoms with Gasteiger partial charge in [-0.05, 0) is 37.0 Å². The Morgan fingerprint density at radius 2 is 2.12 bits per heavy atom. The van der Waals surface area contributed by atoms with Gasteiger partial charge < -0.3 is 9.73 Å². The highest BCUT2D eigenvalue weighted by atomic mass is 32.2. The van der Waals surface area contributed by atoms with Crippen LogP contribution in [0, 0.1) is 13.8 Å². The molecule has 2 heterocycles. The van der Waals surface area contributed by atoms with Gasteiger partial charge in [0.15, 0.2) is 4.34 Å². The number of rotatable bonds is 6. The van der Waals surface area contributed by atoms with E-state index < -0.39 is 0 Å². The van der Waals surface area contributed by atoms with E-state index >= 15 is 0 Å². The van der Waals surface area contributed by atoms with Gasteiger partial charge in [-0.3, -0.25) is 0 Å². The molecule has 1 N–H and O–H groups in total. The molecule has 1 aromatic carbocycles. The SMILES string of the molecule is CCCNc1nnc(SCc2cc(=O)oc3c(C)c(C)ccc23)s1. The lowest BCUT2D eigenvalue weighted by Crippen LogP contribution is -2.01. The molecule has 0 fully saturated rings. The molecule has 0 atom stereocenters. The third-order valence-electron chi connectivity index (χ3n) is 3.80. The molecule has 0 aliphatic carbocycles. The Labute approximate surface area is 148 Å². The first-order chi connectivity index (χ1) is 11.6. The van der Waals surface area contributed by atoms with Gasteiger partial charge in [-0.15, -0.1) is 10.2 Å². The highest BCUT2D eigenvalue weighted by molar-refractivity contribution is 8.00. The van der Waals surface area contributed by atoms with E-state index in [1.165, 1.54) is 11.3 Å². The Bertz CT molecular complexity index is 918. The number of nitrogens with zero attached hydrogens (tertiary/aromatic N) is 2. The fourth-order valence-electron chi connectivity index (χ4n) is 2.35. The number of hydrogen-bond acceptors (Lipinski definition) is 7. The molecular weight excluding hydrogens is 342 g/mol. The van der Waals surface area contributed by atoms with Gasteiger partial charge in [-0.2, -0.15) is 0 Å². The number of aromatic nitrogens is 2. The average molecular weight is 361 g/mol. The van der Waals surface area contributed by atoms with Crippen molar-refractivity contribution in [1.82, 2.24) is 10.2 Å². The Kier molecular flexibility index (Phi) is 5.20. The van der Waals surface area contributed by atoms with Crippen LogP contribution in [-0.4, -0.2) is 16.7 Å². The molecule has 3 aromatic rings. The molecule has 0 saturated heterocycles. The van der Waals surface area contributed by atoms with Gasteiger partial charge in [-0.1, -0.05) is 42.2 Å². The van der Waals surface area contributed by atoms with E-state index in [1.54, 1.807) is 17.8 Å². The van der Waals surface area contributed by atoms with Crippen LogP contribution in [0.2, 0.25) is 0 Å². The second kappa shape index (κ2) is 7.36. The van der Waals surface area contributed by atoms with Gasteiger partial charge in [0.2, 0.25) is 5.13 Å². The molecule has 126 valence electrons. The summed E-state index contributed by atoms with van der Waals surface area (Å²) in [6, 6.07) is 5.65. The minimum atomic E-state index is -0.311.